The number of aromatic nitrogens is 3. The van der Waals surface area contributed by atoms with E-state index in [2.05, 4.69) is 20.6 Å². The molecule has 2 amide bonds. The number of alkyl halides is 3. The molecule has 0 atom stereocenters. The van der Waals surface area contributed by atoms with Gasteiger partial charge in [-0.3, -0.25) is 9.59 Å². The Morgan fingerprint density at radius 3 is 2.47 bits per heavy atom. The molecule has 0 unspecified atom stereocenters. The Hall–Kier alpha value is -4.35. The summed E-state index contributed by atoms with van der Waals surface area (Å²) in [4.78, 5) is 32.8. The van der Waals surface area contributed by atoms with Crippen molar-refractivity contribution in [1.29, 1.82) is 0 Å². The molecule has 0 spiro atoms. The summed E-state index contributed by atoms with van der Waals surface area (Å²) < 4.78 is 66.8. The average Bonchev–Trinajstić information content (AvgIpc) is 3.19. The van der Waals surface area contributed by atoms with Gasteiger partial charge >= 0.3 is 6.18 Å². The van der Waals surface area contributed by atoms with Gasteiger partial charge in [0.2, 0.25) is 5.91 Å². The molecule has 2 aromatic carbocycles. The van der Waals surface area contributed by atoms with E-state index in [0.717, 1.165) is 24.3 Å². The third-order valence-corrected chi connectivity index (χ3v) is 5.20. The molecular formula is C24H18F5N5O2. The first kappa shape index (κ1) is 24.8. The molecule has 0 bridgehead atoms. The molecule has 0 fully saturated rings. The number of anilines is 1. The van der Waals surface area contributed by atoms with Gasteiger partial charge in [0.1, 0.15) is 17.5 Å². The van der Waals surface area contributed by atoms with Crippen molar-refractivity contribution in [3.8, 4) is 0 Å². The van der Waals surface area contributed by atoms with Crippen LogP contribution in [-0.2, 0) is 17.5 Å². The van der Waals surface area contributed by atoms with Crippen LogP contribution in [0, 0.1) is 11.6 Å². The molecule has 0 saturated carbocycles. The van der Waals surface area contributed by atoms with Crippen molar-refractivity contribution in [3.63, 3.8) is 0 Å². The molecule has 0 aliphatic carbocycles. The van der Waals surface area contributed by atoms with Crippen LogP contribution in [0.15, 0.2) is 60.8 Å². The molecular weight excluding hydrogens is 485 g/mol. The number of carbonyl (C=O) groups is 2. The predicted octanol–water partition coefficient (Wildman–Crippen LogP) is 4.54. The minimum atomic E-state index is -4.54. The highest BCUT2D eigenvalue weighted by molar-refractivity contribution is 5.95. The van der Waals surface area contributed by atoms with Crippen molar-refractivity contribution in [2.24, 2.45) is 0 Å². The van der Waals surface area contributed by atoms with Crippen LogP contribution in [0.1, 0.15) is 28.2 Å². The Bertz CT molecular complexity index is 1420. The van der Waals surface area contributed by atoms with Gasteiger partial charge in [0.25, 0.3) is 5.91 Å². The second kappa shape index (κ2) is 10.1. The number of halogens is 5. The zero-order valence-corrected chi connectivity index (χ0v) is 18.4. The molecule has 2 N–H and O–H groups in total. The zero-order valence-electron chi connectivity index (χ0n) is 18.4. The Morgan fingerprint density at radius 1 is 1.00 bits per heavy atom. The van der Waals surface area contributed by atoms with Crippen LogP contribution >= 0.6 is 0 Å². The van der Waals surface area contributed by atoms with Gasteiger partial charge in [-0.15, -0.1) is 0 Å². The van der Waals surface area contributed by atoms with E-state index >= 15 is 0 Å². The van der Waals surface area contributed by atoms with Gasteiger partial charge < -0.3 is 15.2 Å². The second-order valence-electron chi connectivity index (χ2n) is 7.73. The van der Waals surface area contributed by atoms with Gasteiger partial charge in [0, 0.05) is 30.8 Å². The van der Waals surface area contributed by atoms with Crippen molar-refractivity contribution >= 4 is 28.7 Å². The second-order valence-corrected chi connectivity index (χ2v) is 7.73. The molecule has 4 aromatic rings. The number of nitrogens with one attached hydrogen (secondary N) is 2. The van der Waals surface area contributed by atoms with Gasteiger partial charge in [-0.05, 0) is 30.3 Å². The van der Waals surface area contributed by atoms with Crippen LogP contribution in [-0.4, -0.2) is 32.9 Å². The molecule has 186 valence electrons. The standard InChI is InChI=1S/C24H18F5N5O2/c25-16-7-5-14(17(26)11-16)13-34-19-4-2-1-3-18(19)32-22(34)23(36)30-10-9-21(35)33-20-8-6-15(12-31-20)24(27,28)29/h1-8,11-12H,9-10,13H2,(H,30,36)(H,31,33,35). The number of carbonyl (C=O) groups excluding carboxylic acids is 2. The van der Waals surface area contributed by atoms with Crippen molar-refractivity contribution < 1.29 is 31.5 Å². The maximum Gasteiger partial charge on any atom is 0.417 e. The van der Waals surface area contributed by atoms with Gasteiger partial charge in [-0.2, -0.15) is 13.2 Å². The van der Waals surface area contributed by atoms with E-state index in [9.17, 15) is 31.5 Å². The number of pyridine rings is 1. The Labute approximate surface area is 201 Å². The molecule has 2 aromatic heterocycles. The predicted molar refractivity (Wildman–Crippen MR) is 120 cm³/mol. The van der Waals surface area contributed by atoms with Crippen molar-refractivity contribution in [1.82, 2.24) is 19.9 Å². The molecule has 2 heterocycles. The summed E-state index contributed by atoms with van der Waals surface area (Å²) in [5.74, 6) is -2.81. The van der Waals surface area contributed by atoms with Gasteiger partial charge in [-0.1, -0.05) is 18.2 Å². The van der Waals surface area contributed by atoms with E-state index in [1.807, 2.05) is 0 Å². The highest BCUT2D eigenvalue weighted by Gasteiger charge is 2.30. The fourth-order valence-electron chi connectivity index (χ4n) is 3.44. The summed E-state index contributed by atoms with van der Waals surface area (Å²) in [6.45, 7) is -0.200. The van der Waals surface area contributed by atoms with Crippen LogP contribution in [0.25, 0.3) is 11.0 Å². The molecule has 36 heavy (non-hydrogen) atoms. The first-order valence-corrected chi connectivity index (χ1v) is 10.6. The zero-order chi connectivity index (χ0) is 25.9. The fourth-order valence-corrected chi connectivity index (χ4v) is 3.44. The SMILES string of the molecule is O=C(CCNC(=O)c1nc2ccccc2n1Cc1ccc(F)cc1F)Nc1ccc(C(F)(F)F)cn1. The lowest BCUT2D eigenvalue weighted by Gasteiger charge is -2.11. The van der Waals surface area contributed by atoms with Crippen LogP contribution in [0.2, 0.25) is 0 Å². The summed E-state index contributed by atoms with van der Waals surface area (Å²) >= 11 is 0. The van der Waals surface area contributed by atoms with E-state index in [1.54, 1.807) is 24.3 Å². The maximum atomic E-state index is 14.2. The van der Waals surface area contributed by atoms with E-state index in [-0.39, 0.29) is 36.7 Å². The van der Waals surface area contributed by atoms with Crippen LogP contribution in [0.5, 0.6) is 0 Å². The summed E-state index contributed by atoms with van der Waals surface area (Å²) in [5.41, 5.74) is 0.238. The fraction of sp³-hybridized carbons (Fsp3) is 0.167. The number of rotatable bonds is 7. The van der Waals surface area contributed by atoms with E-state index < -0.39 is 35.2 Å². The Kier molecular flexibility index (Phi) is 6.95. The first-order chi connectivity index (χ1) is 17.1. The minimum absolute atomic E-state index is 0.0373. The molecule has 0 aliphatic heterocycles. The lowest BCUT2D eigenvalue weighted by molar-refractivity contribution is -0.137. The average molecular weight is 503 g/mol. The molecule has 12 heteroatoms. The van der Waals surface area contributed by atoms with Crippen molar-refractivity contribution in [2.75, 3.05) is 11.9 Å². The third-order valence-electron chi connectivity index (χ3n) is 5.20. The lowest BCUT2D eigenvalue weighted by Crippen LogP contribution is -2.30. The maximum absolute atomic E-state index is 14.2. The topological polar surface area (TPSA) is 88.9 Å². The Balaban J connectivity index is 1.42. The Morgan fingerprint density at radius 2 is 1.78 bits per heavy atom. The van der Waals surface area contributed by atoms with E-state index in [0.29, 0.717) is 17.2 Å². The number of benzene rings is 2. The largest absolute Gasteiger partial charge is 0.417 e. The molecule has 4 rings (SSSR count). The normalized spacial score (nSPS) is 11.5. The number of hydrogen-bond donors (Lipinski definition) is 2. The number of fused-ring (bicyclic) bond motifs is 1. The molecule has 7 nitrogen and oxygen atoms in total. The minimum Gasteiger partial charge on any atom is -0.349 e. The van der Waals surface area contributed by atoms with Gasteiger partial charge in [0.15, 0.2) is 5.82 Å². The molecule has 0 aliphatic rings. The summed E-state index contributed by atoms with van der Waals surface area (Å²) in [5, 5.41) is 4.90. The summed E-state index contributed by atoms with van der Waals surface area (Å²) in [6, 6.07) is 11.8. The van der Waals surface area contributed by atoms with Crippen LogP contribution < -0.4 is 10.6 Å². The lowest BCUT2D eigenvalue weighted by atomic mass is 10.2. The third kappa shape index (κ3) is 5.65. The highest BCUT2D eigenvalue weighted by Crippen LogP contribution is 2.28. The van der Waals surface area contributed by atoms with Gasteiger partial charge in [-0.25, -0.2) is 18.7 Å². The van der Waals surface area contributed by atoms with E-state index in [1.165, 1.54) is 10.6 Å². The smallest absolute Gasteiger partial charge is 0.349 e. The van der Waals surface area contributed by atoms with Crippen LogP contribution in [0.3, 0.4) is 0 Å². The quantitative estimate of drug-likeness (QED) is 0.363. The summed E-state index contributed by atoms with van der Waals surface area (Å²) in [6.07, 6.45) is -4.13. The number of hydrogen-bond acceptors (Lipinski definition) is 4. The monoisotopic (exact) mass is 503 g/mol. The number of amides is 2. The van der Waals surface area contributed by atoms with Crippen molar-refractivity contribution in [2.45, 2.75) is 19.1 Å². The van der Waals surface area contributed by atoms with Gasteiger partial charge in [0.05, 0.1) is 23.1 Å². The first-order valence-electron chi connectivity index (χ1n) is 10.6. The summed E-state index contributed by atoms with van der Waals surface area (Å²) in [7, 11) is 0. The van der Waals surface area contributed by atoms with E-state index in [4.69, 9.17) is 0 Å². The number of nitrogens with zero attached hydrogens (tertiary/aromatic N) is 3. The van der Waals surface area contributed by atoms with Crippen molar-refractivity contribution in [3.05, 3.63) is 89.4 Å². The number of para-hydroxylation sites is 2. The molecule has 0 saturated heterocycles. The molecule has 0 radical (unpaired) electrons. The van der Waals surface area contributed by atoms with Crippen LogP contribution in [0.4, 0.5) is 27.8 Å². The number of imidazole rings is 1. The highest BCUT2D eigenvalue weighted by atomic mass is 19.4.